The Balaban J connectivity index is 0.00000156. The van der Waals surface area contributed by atoms with E-state index in [-0.39, 0.29) is 24.4 Å². The minimum atomic E-state index is 0. The van der Waals surface area contributed by atoms with Gasteiger partial charge in [0.2, 0.25) is 12.7 Å². The first-order valence-corrected chi connectivity index (χ1v) is 8.23. The van der Waals surface area contributed by atoms with Crippen LogP contribution < -0.4 is 14.8 Å². The number of carbonyl (C=O) groups excluding carboxylic acids is 1. The van der Waals surface area contributed by atoms with E-state index in [2.05, 4.69) is 16.3 Å². The molecule has 5 nitrogen and oxygen atoms in total. The van der Waals surface area contributed by atoms with Gasteiger partial charge in [-0.3, -0.25) is 4.79 Å². The van der Waals surface area contributed by atoms with Gasteiger partial charge in [0.15, 0.2) is 11.5 Å². The van der Waals surface area contributed by atoms with Crippen molar-refractivity contribution in [3.63, 3.8) is 0 Å². The number of hydrogen-bond donors (Lipinski definition) is 1. The Labute approximate surface area is 142 Å². The van der Waals surface area contributed by atoms with Crippen LogP contribution in [-0.2, 0) is 4.79 Å². The van der Waals surface area contributed by atoms with Crippen molar-refractivity contribution in [1.82, 2.24) is 10.2 Å². The van der Waals surface area contributed by atoms with Crippen molar-refractivity contribution >= 4 is 18.3 Å². The van der Waals surface area contributed by atoms with E-state index in [1.807, 2.05) is 12.1 Å². The van der Waals surface area contributed by atoms with E-state index in [1.54, 1.807) is 0 Å². The van der Waals surface area contributed by atoms with E-state index in [9.17, 15) is 4.79 Å². The normalized spacial score (nSPS) is 26.0. The fraction of sp³-hybridized carbons (Fsp3) is 0.588. The van der Waals surface area contributed by atoms with E-state index in [0.29, 0.717) is 12.7 Å². The van der Waals surface area contributed by atoms with Gasteiger partial charge in [-0.2, -0.15) is 0 Å². The number of nitrogens with zero attached hydrogens (tertiary/aromatic N) is 1. The number of hydrogen-bond acceptors (Lipinski definition) is 4. The number of likely N-dealkylation sites (tertiary alicyclic amines) is 1. The monoisotopic (exact) mass is 338 g/mol. The molecule has 0 radical (unpaired) electrons. The van der Waals surface area contributed by atoms with Crippen molar-refractivity contribution in [2.45, 2.75) is 31.7 Å². The predicted molar refractivity (Wildman–Crippen MR) is 89.1 cm³/mol. The summed E-state index contributed by atoms with van der Waals surface area (Å²) in [6.45, 7) is 3.02. The fourth-order valence-corrected chi connectivity index (χ4v) is 3.79. The fourth-order valence-electron chi connectivity index (χ4n) is 3.79. The maximum Gasteiger partial charge on any atom is 0.231 e. The summed E-state index contributed by atoms with van der Waals surface area (Å²) in [5, 5.41) is 3.34. The lowest BCUT2D eigenvalue weighted by Crippen LogP contribution is -2.42. The van der Waals surface area contributed by atoms with E-state index in [4.69, 9.17) is 9.47 Å². The van der Waals surface area contributed by atoms with E-state index >= 15 is 0 Å². The van der Waals surface area contributed by atoms with E-state index in [0.717, 1.165) is 56.8 Å². The first-order chi connectivity index (χ1) is 10.8. The summed E-state index contributed by atoms with van der Waals surface area (Å²) in [6, 6.07) is 6.26. The second-order valence-electron chi connectivity index (χ2n) is 6.35. The number of nitrogens with one attached hydrogen (secondary N) is 1. The van der Waals surface area contributed by atoms with Crippen LogP contribution in [0.15, 0.2) is 18.2 Å². The number of halogens is 1. The van der Waals surface area contributed by atoms with Crippen LogP contribution in [0, 0.1) is 5.92 Å². The Morgan fingerprint density at radius 2 is 2.04 bits per heavy atom. The third kappa shape index (κ3) is 3.12. The predicted octanol–water partition coefficient (Wildman–Crippen LogP) is 2.50. The van der Waals surface area contributed by atoms with Gasteiger partial charge in [-0.05, 0) is 49.9 Å². The van der Waals surface area contributed by atoms with Crippen LogP contribution in [-0.4, -0.2) is 37.2 Å². The van der Waals surface area contributed by atoms with Gasteiger partial charge in [-0.25, -0.2) is 0 Å². The number of carbonyl (C=O) groups is 1. The van der Waals surface area contributed by atoms with Gasteiger partial charge in [0, 0.05) is 13.1 Å². The molecular formula is C17H23ClN2O3. The highest BCUT2D eigenvalue weighted by Gasteiger charge is 2.34. The molecule has 0 spiro atoms. The molecule has 0 saturated carbocycles. The number of rotatable bonds is 2. The number of ether oxygens (including phenoxy) is 2. The molecule has 2 atom stereocenters. The Morgan fingerprint density at radius 1 is 1.17 bits per heavy atom. The summed E-state index contributed by atoms with van der Waals surface area (Å²) in [7, 11) is 0. The van der Waals surface area contributed by atoms with Crippen molar-refractivity contribution < 1.29 is 14.3 Å². The minimum absolute atomic E-state index is 0. The van der Waals surface area contributed by atoms with Crippen molar-refractivity contribution in [1.29, 1.82) is 0 Å². The summed E-state index contributed by atoms with van der Waals surface area (Å²) in [5.41, 5.74) is 1.17. The Hall–Kier alpha value is -1.46. The molecule has 3 aliphatic rings. The molecule has 2 fully saturated rings. The van der Waals surface area contributed by atoms with Crippen molar-refractivity contribution in [3.8, 4) is 11.5 Å². The maximum absolute atomic E-state index is 12.8. The Kier molecular flexibility index (Phi) is 4.97. The van der Waals surface area contributed by atoms with Gasteiger partial charge in [0.05, 0.1) is 12.0 Å². The van der Waals surface area contributed by atoms with Gasteiger partial charge < -0.3 is 19.7 Å². The van der Waals surface area contributed by atoms with Crippen LogP contribution in [0.25, 0.3) is 0 Å². The average molecular weight is 339 g/mol. The lowest BCUT2D eigenvalue weighted by molar-refractivity contribution is -0.137. The second kappa shape index (κ2) is 6.97. The van der Waals surface area contributed by atoms with Gasteiger partial charge in [-0.1, -0.05) is 6.07 Å². The van der Waals surface area contributed by atoms with Crippen LogP contribution in [0.4, 0.5) is 0 Å². The summed E-state index contributed by atoms with van der Waals surface area (Å²) in [6.07, 6.45) is 4.21. The zero-order valence-electron chi connectivity index (χ0n) is 13.1. The molecule has 2 unspecified atom stereocenters. The lowest BCUT2D eigenvalue weighted by Gasteiger charge is -2.31. The maximum atomic E-state index is 12.8. The van der Waals surface area contributed by atoms with Crippen LogP contribution in [0.2, 0.25) is 0 Å². The number of benzene rings is 1. The van der Waals surface area contributed by atoms with Crippen LogP contribution in [0.5, 0.6) is 11.5 Å². The number of fused-ring (bicyclic) bond motifs is 1. The number of amides is 1. The molecule has 1 amide bonds. The van der Waals surface area contributed by atoms with Crippen molar-refractivity contribution in [2.75, 3.05) is 26.4 Å². The third-order valence-corrected chi connectivity index (χ3v) is 4.96. The summed E-state index contributed by atoms with van der Waals surface area (Å²) < 4.78 is 10.8. The molecule has 126 valence electrons. The molecule has 1 aromatic rings. The summed E-state index contributed by atoms with van der Waals surface area (Å²) in [5.74, 6) is 2.06. The molecule has 0 aromatic heterocycles. The molecule has 0 bridgehead atoms. The van der Waals surface area contributed by atoms with Crippen LogP contribution in [0.3, 0.4) is 0 Å². The smallest absolute Gasteiger partial charge is 0.231 e. The Morgan fingerprint density at radius 3 is 2.87 bits per heavy atom. The van der Waals surface area contributed by atoms with Crippen LogP contribution >= 0.6 is 12.4 Å². The molecular weight excluding hydrogens is 316 g/mol. The SMILES string of the molecule is Cl.O=C(C1CCCNC1)N1CCCC1c1ccc2c(c1)OCO2. The van der Waals surface area contributed by atoms with Crippen molar-refractivity contribution in [3.05, 3.63) is 23.8 Å². The second-order valence-corrected chi connectivity index (χ2v) is 6.35. The van der Waals surface area contributed by atoms with E-state index < -0.39 is 0 Å². The highest BCUT2D eigenvalue weighted by molar-refractivity contribution is 5.85. The first-order valence-electron chi connectivity index (χ1n) is 8.23. The molecule has 2 saturated heterocycles. The highest BCUT2D eigenvalue weighted by atomic mass is 35.5. The quantitative estimate of drug-likeness (QED) is 0.900. The highest BCUT2D eigenvalue weighted by Crippen LogP contribution is 2.39. The van der Waals surface area contributed by atoms with Gasteiger partial charge in [-0.15, -0.1) is 12.4 Å². The van der Waals surface area contributed by atoms with Gasteiger partial charge in [0.1, 0.15) is 0 Å². The molecule has 3 heterocycles. The summed E-state index contributed by atoms with van der Waals surface area (Å²) >= 11 is 0. The zero-order valence-corrected chi connectivity index (χ0v) is 13.9. The molecule has 23 heavy (non-hydrogen) atoms. The lowest BCUT2D eigenvalue weighted by atomic mass is 9.96. The minimum Gasteiger partial charge on any atom is -0.454 e. The molecule has 4 rings (SSSR count). The van der Waals surface area contributed by atoms with Crippen molar-refractivity contribution in [2.24, 2.45) is 5.92 Å². The Bertz CT molecular complexity index is 575. The largest absolute Gasteiger partial charge is 0.454 e. The molecule has 1 aromatic carbocycles. The molecule has 1 N–H and O–H groups in total. The average Bonchev–Trinajstić information content (AvgIpc) is 3.23. The molecule has 3 aliphatic heterocycles. The van der Waals surface area contributed by atoms with Gasteiger partial charge in [0.25, 0.3) is 0 Å². The first kappa shape index (κ1) is 16.4. The zero-order chi connectivity index (χ0) is 14.9. The molecule has 0 aliphatic carbocycles. The summed E-state index contributed by atoms with van der Waals surface area (Å²) in [4.78, 5) is 14.9. The topological polar surface area (TPSA) is 50.8 Å². The van der Waals surface area contributed by atoms with Gasteiger partial charge >= 0.3 is 0 Å². The molecule has 6 heteroatoms. The third-order valence-electron chi connectivity index (χ3n) is 4.96. The number of piperidine rings is 1. The van der Waals surface area contributed by atoms with Crippen LogP contribution in [0.1, 0.15) is 37.3 Å². The standard InChI is InChI=1S/C17H22N2O3.ClH/c20-17(13-3-1-7-18-10-13)19-8-2-4-14(19)12-5-6-15-16(9-12)22-11-21-15;/h5-6,9,13-14,18H,1-4,7-8,10-11H2;1H. The van der Waals surface area contributed by atoms with E-state index in [1.165, 1.54) is 5.56 Å².